The zero-order valence-electron chi connectivity index (χ0n) is 10.9. The first-order valence-electron chi connectivity index (χ1n) is 6.55. The smallest absolute Gasteiger partial charge is 0.108 e. The van der Waals surface area contributed by atoms with Crippen LogP contribution in [0.3, 0.4) is 0 Å². The van der Waals surface area contributed by atoms with Gasteiger partial charge in [-0.15, -0.1) is 11.3 Å². The monoisotopic (exact) mass is 261 g/mol. The Bertz CT molecular complexity index is 494. The zero-order valence-corrected chi connectivity index (χ0v) is 11.7. The van der Waals surface area contributed by atoms with Crippen LogP contribution in [0.25, 0.3) is 10.2 Å². The molecule has 0 saturated carbocycles. The first kappa shape index (κ1) is 12.1. The Hall–Kier alpha value is -0.970. The SMILES string of the molecule is CC1CNCC(C)N1Cc1nc2ccccc2s1. The van der Waals surface area contributed by atoms with Crippen LogP contribution in [0.5, 0.6) is 0 Å². The highest BCUT2D eigenvalue weighted by Gasteiger charge is 2.25. The number of benzene rings is 1. The summed E-state index contributed by atoms with van der Waals surface area (Å²) >= 11 is 1.82. The lowest BCUT2D eigenvalue weighted by Crippen LogP contribution is -2.54. The minimum absolute atomic E-state index is 0.584. The highest BCUT2D eigenvalue weighted by atomic mass is 32.1. The van der Waals surface area contributed by atoms with E-state index in [2.05, 4.69) is 48.3 Å². The van der Waals surface area contributed by atoms with Gasteiger partial charge in [-0.05, 0) is 26.0 Å². The lowest BCUT2D eigenvalue weighted by atomic mass is 10.1. The van der Waals surface area contributed by atoms with E-state index in [1.54, 1.807) is 0 Å². The van der Waals surface area contributed by atoms with Crippen LogP contribution >= 0.6 is 11.3 Å². The molecule has 0 bridgehead atoms. The average molecular weight is 261 g/mol. The number of fused-ring (bicyclic) bond motifs is 1. The Kier molecular flexibility index (Phi) is 3.33. The van der Waals surface area contributed by atoms with E-state index >= 15 is 0 Å². The van der Waals surface area contributed by atoms with Gasteiger partial charge in [-0.25, -0.2) is 4.98 Å². The molecule has 96 valence electrons. The lowest BCUT2D eigenvalue weighted by molar-refractivity contribution is 0.109. The Balaban J connectivity index is 1.82. The van der Waals surface area contributed by atoms with Crippen molar-refractivity contribution >= 4 is 21.6 Å². The van der Waals surface area contributed by atoms with Crippen molar-refractivity contribution in [2.75, 3.05) is 13.1 Å². The fourth-order valence-corrected chi connectivity index (χ4v) is 3.60. The molecule has 0 amide bonds. The summed E-state index contributed by atoms with van der Waals surface area (Å²) in [6, 6.07) is 9.56. The molecule has 2 heterocycles. The summed E-state index contributed by atoms with van der Waals surface area (Å²) in [6.07, 6.45) is 0. The quantitative estimate of drug-likeness (QED) is 0.900. The van der Waals surface area contributed by atoms with Crippen molar-refractivity contribution in [3.8, 4) is 0 Å². The van der Waals surface area contributed by atoms with Gasteiger partial charge in [0.2, 0.25) is 0 Å². The predicted molar refractivity (Wildman–Crippen MR) is 77.0 cm³/mol. The van der Waals surface area contributed by atoms with E-state index in [0.29, 0.717) is 12.1 Å². The Morgan fingerprint density at radius 1 is 1.28 bits per heavy atom. The van der Waals surface area contributed by atoms with E-state index in [1.165, 1.54) is 9.71 Å². The molecule has 1 N–H and O–H groups in total. The molecular weight excluding hydrogens is 242 g/mol. The number of hydrogen-bond donors (Lipinski definition) is 1. The third-order valence-electron chi connectivity index (χ3n) is 3.67. The molecule has 3 rings (SSSR count). The molecule has 1 aromatic heterocycles. The predicted octanol–water partition coefficient (Wildman–Crippen LogP) is 2.48. The van der Waals surface area contributed by atoms with Gasteiger partial charge in [0.25, 0.3) is 0 Å². The molecular formula is C14H19N3S. The van der Waals surface area contributed by atoms with Gasteiger partial charge < -0.3 is 5.32 Å². The van der Waals surface area contributed by atoms with Crippen molar-refractivity contribution in [1.29, 1.82) is 0 Å². The molecule has 2 aromatic rings. The molecule has 18 heavy (non-hydrogen) atoms. The van der Waals surface area contributed by atoms with E-state index in [0.717, 1.165) is 25.2 Å². The standard InChI is InChI=1S/C14H19N3S/c1-10-7-15-8-11(2)17(10)9-14-16-12-5-3-4-6-13(12)18-14/h3-6,10-11,15H,7-9H2,1-2H3. The number of hydrogen-bond acceptors (Lipinski definition) is 4. The second-order valence-corrected chi connectivity index (χ2v) is 6.22. The maximum atomic E-state index is 4.73. The third kappa shape index (κ3) is 2.28. The van der Waals surface area contributed by atoms with Crippen LogP contribution < -0.4 is 5.32 Å². The zero-order chi connectivity index (χ0) is 12.5. The second kappa shape index (κ2) is 4.96. The average Bonchev–Trinajstić information content (AvgIpc) is 2.76. The largest absolute Gasteiger partial charge is 0.314 e. The molecule has 0 radical (unpaired) electrons. The lowest BCUT2D eigenvalue weighted by Gasteiger charge is -2.38. The van der Waals surface area contributed by atoms with Crippen LogP contribution in [0.2, 0.25) is 0 Å². The third-order valence-corrected chi connectivity index (χ3v) is 4.69. The summed E-state index contributed by atoms with van der Waals surface area (Å²) in [4.78, 5) is 7.28. The van der Waals surface area contributed by atoms with Crippen LogP contribution in [0.1, 0.15) is 18.9 Å². The van der Waals surface area contributed by atoms with Crippen LogP contribution in [0, 0.1) is 0 Å². The number of piperazine rings is 1. The second-order valence-electron chi connectivity index (χ2n) is 5.10. The fourth-order valence-electron chi connectivity index (χ4n) is 2.63. The first-order valence-corrected chi connectivity index (χ1v) is 7.36. The van der Waals surface area contributed by atoms with Gasteiger partial charge in [-0.3, -0.25) is 4.90 Å². The summed E-state index contributed by atoms with van der Waals surface area (Å²) in [5.74, 6) is 0. The summed E-state index contributed by atoms with van der Waals surface area (Å²) < 4.78 is 1.29. The maximum absolute atomic E-state index is 4.73. The van der Waals surface area contributed by atoms with Crippen LogP contribution in [-0.4, -0.2) is 35.1 Å². The number of nitrogens with one attached hydrogen (secondary N) is 1. The molecule has 1 aromatic carbocycles. The maximum Gasteiger partial charge on any atom is 0.108 e. The van der Waals surface area contributed by atoms with Crippen molar-refractivity contribution in [2.45, 2.75) is 32.5 Å². The molecule has 1 fully saturated rings. The first-order chi connectivity index (χ1) is 8.74. The Morgan fingerprint density at radius 2 is 2.00 bits per heavy atom. The van der Waals surface area contributed by atoms with E-state index < -0.39 is 0 Å². The molecule has 0 spiro atoms. The van der Waals surface area contributed by atoms with E-state index in [1.807, 2.05) is 11.3 Å². The molecule has 2 unspecified atom stereocenters. The molecule has 1 saturated heterocycles. The van der Waals surface area contributed by atoms with Crippen molar-refractivity contribution in [3.63, 3.8) is 0 Å². The van der Waals surface area contributed by atoms with Crippen molar-refractivity contribution in [3.05, 3.63) is 29.3 Å². The summed E-state index contributed by atoms with van der Waals surface area (Å²) in [5, 5.41) is 4.70. The van der Waals surface area contributed by atoms with Crippen LogP contribution in [0.4, 0.5) is 0 Å². The minimum Gasteiger partial charge on any atom is -0.314 e. The van der Waals surface area contributed by atoms with Gasteiger partial charge in [0, 0.05) is 25.2 Å². The normalized spacial score (nSPS) is 25.7. The highest BCUT2D eigenvalue weighted by Crippen LogP contribution is 2.24. The van der Waals surface area contributed by atoms with Crippen molar-refractivity contribution < 1.29 is 0 Å². The number of thiazole rings is 1. The number of nitrogens with zero attached hydrogens (tertiary/aromatic N) is 2. The Labute approximate surface area is 112 Å². The highest BCUT2D eigenvalue weighted by molar-refractivity contribution is 7.18. The minimum atomic E-state index is 0.584. The molecule has 2 atom stereocenters. The van der Waals surface area contributed by atoms with Gasteiger partial charge in [0.1, 0.15) is 5.01 Å². The summed E-state index contributed by atoms with van der Waals surface area (Å²) in [6.45, 7) is 7.71. The summed E-state index contributed by atoms with van der Waals surface area (Å²) in [7, 11) is 0. The van der Waals surface area contributed by atoms with Gasteiger partial charge >= 0.3 is 0 Å². The summed E-state index contributed by atoms with van der Waals surface area (Å²) in [5.41, 5.74) is 1.13. The van der Waals surface area contributed by atoms with Crippen LogP contribution in [0.15, 0.2) is 24.3 Å². The van der Waals surface area contributed by atoms with Gasteiger partial charge in [0.05, 0.1) is 16.8 Å². The van der Waals surface area contributed by atoms with Crippen LogP contribution in [-0.2, 0) is 6.54 Å². The number of aromatic nitrogens is 1. The van der Waals surface area contributed by atoms with Crippen molar-refractivity contribution in [2.24, 2.45) is 0 Å². The molecule has 1 aliphatic heterocycles. The number of para-hydroxylation sites is 1. The van der Waals surface area contributed by atoms with E-state index in [-0.39, 0.29) is 0 Å². The Morgan fingerprint density at radius 3 is 2.72 bits per heavy atom. The topological polar surface area (TPSA) is 28.2 Å². The van der Waals surface area contributed by atoms with E-state index in [9.17, 15) is 0 Å². The fraction of sp³-hybridized carbons (Fsp3) is 0.500. The number of rotatable bonds is 2. The van der Waals surface area contributed by atoms with Gasteiger partial charge in [-0.1, -0.05) is 12.1 Å². The van der Waals surface area contributed by atoms with E-state index in [4.69, 9.17) is 4.98 Å². The van der Waals surface area contributed by atoms with Gasteiger partial charge in [0.15, 0.2) is 0 Å². The molecule has 4 heteroatoms. The molecule has 0 aliphatic carbocycles. The molecule has 1 aliphatic rings. The molecule has 3 nitrogen and oxygen atoms in total. The van der Waals surface area contributed by atoms with Gasteiger partial charge in [-0.2, -0.15) is 0 Å². The van der Waals surface area contributed by atoms with Crippen molar-refractivity contribution in [1.82, 2.24) is 15.2 Å².